The number of hydrogen-bond acceptors (Lipinski definition) is 3. The first-order chi connectivity index (χ1) is 16.4. The Morgan fingerprint density at radius 1 is 0.941 bits per heavy atom. The van der Waals surface area contributed by atoms with Crippen LogP contribution < -0.4 is 4.74 Å². The number of aromatic nitrogens is 1. The molecule has 0 unspecified atom stereocenters. The number of rotatable bonds is 4. The number of benzene rings is 3. The van der Waals surface area contributed by atoms with E-state index in [-0.39, 0.29) is 24.4 Å². The van der Waals surface area contributed by atoms with E-state index >= 15 is 0 Å². The number of carbonyl (C=O) groups is 1. The summed E-state index contributed by atoms with van der Waals surface area (Å²) < 4.78 is 44.2. The fraction of sp³-hybridized carbons (Fsp3) is 0.185. The highest BCUT2D eigenvalue weighted by molar-refractivity contribution is 6.07. The Labute approximate surface area is 194 Å². The summed E-state index contributed by atoms with van der Waals surface area (Å²) in [6, 6.07) is 23.2. The topological polar surface area (TPSA) is 42.4 Å². The van der Waals surface area contributed by atoms with Crippen LogP contribution in [0.5, 0.6) is 5.88 Å². The second-order valence-corrected chi connectivity index (χ2v) is 8.28. The largest absolute Gasteiger partial charge is 0.475 e. The molecule has 3 aromatic carbocycles. The number of hydrogen-bond donors (Lipinski definition) is 0. The molecule has 1 aromatic heterocycles. The Bertz CT molecular complexity index is 1330. The molecule has 5 rings (SSSR count). The van der Waals surface area contributed by atoms with Crippen LogP contribution in [0.4, 0.5) is 13.2 Å². The first-order valence-corrected chi connectivity index (χ1v) is 10.9. The molecule has 0 saturated heterocycles. The molecule has 0 saturated carbocycles. The summed E-state index contributed by atoms with van der Waals surface area (Å²) in [6.07, 6.45) is -3.13. The standard InChI is InChI=1S/C27H21F3N2O2/c28-27(29,30)21-12-13-25(31-15-21)34-17-22-14-19-7-1-2-8-20(19)16-32(22)26(33)24-11-5-9-18-6-3-4-10-23(18)24/h1-13,15,22H,14,16-17H2/t22-/m0/s1. The molecule has 0 fully saturated rings. The van der Waals surface area contributed by atoms with Gasteiger partial charge in [-0.05, 0) is 40.5 Å². The van der Waals surface area contributed by atoms with Gasteiger partial charge in [-0.2, -0.15) is 13.2 Å². The van der Waals surface area contributed by atoms with Crippen LogP contribution in [-0.2, 0) is 19.1 Å². The van der Waals surface area contributed by atoms with Crippen LogP contribution in [0.25, 0.3) is 10.8 Å². The number of amides is 1. The van der Waals surface area contributed by atoms with Crippen LogP contribution in [0.1, 0.15) is 27.0 Å². The maximum Gasteiger partial charge on any atom is 0.417 e. The number of pyridine rings is 1. The Balaban J connectivity index is 1.42. The summed E-state index contributed by atoms with van der Waals surface area (Å²) >= 11 is 0. The Hall–Kier alpha value is -3.87. The van der Waals surface area contributed by atoms with E-state index in [0.717, 1.165) is 34.2 Å². The van der Waals surface area contributed by atoms with Gasteiger partial charge in [0.15, 0.2) is 0 Å². The highest BCUT2D eigenvalue weighted by atomic mass is 19.4. The summed E-state index contributed by atoms with van der Waals surface area (Å²) in [4.78, 5) is 19.3. The van der Waals surface area contributed by atoms with E-state index in [9.17, 15) is 18.0 Å². The van der Waals surface area contributed by atoms with Gasteiger partial charge in [0.25, 0.3) is 5.91 Å². The van der Waals surface area contributed by atoms with Gasteiger partial charge in [0.1, 0.15) is 6.61 Å². The van der Waals surface area contributed by atoms with Gasteiger partial charge in [-0.15, -0.1) is 0 Å². The summed E-state index contributed by atoms with van der Waals surface area (Å²) in [5.41, 5.74) is 1.97. The third kappa shape index (κ3) is 4.33. The number of ether oxygens (including phenoxy) is 1. The molecule has 1 aliphatic rings. The lowest BCUT2D eigenvalue weighted by atomic mass is 9.93. The number of halogens is 3. The maximum atomic E-state index is 13.7. The van der Waals surface area contributed by atoms with Crippen molar-refractivity contribution >= 4 is 16.7 Å². The summed E-state index contributed by atoms with van der Waals surface area (Å²) in [7, 11) is 0. The van der Waals surface area contributed by atoms with Gasteiger partial charge in [0.05, 0.1) is 11.6 Å². The molecule has 1 amide bonds. The van der Waals surface area contributed by atoms with E-state index in [2.05, 4.69) is 4.98 Å². The minimum Gasteiger partial charge on any atom is -0.475 e. The van der Waals surface area contributed by atoms with Crippen LogP contribution in [0.3, 0.4) is 0 Å². The third-order valence-corrected chi connectivity index (χ3v) is 6.12. The number of carbonyl (C=O) groups excluding carboxylic acids is 1. The predicted octanol–water partition coefficient (Wildman–Crippen LogP) is 5.90. The highest BCUT2D eigenvalue weighted by Gasteiger charge is 2.33. The molecular weight excluding hydrogens is 441 g/mol. The molecule has 4 aromatic rings. The molecular formula is C27H21F3N2O2. The fourth-order valence-corrected chi connectivity index (χ4v) is 4.36. The first kappa shape index (κ1) is 21.9. The van der Waals surface area contributed by atoms with Gasteiger partial charge < -0.3 is 9.64 Å². The van der Waals surface area contributed by atoms with E-state index in [1.807, 2.05) is 66.7 Å². The number of alkyl halides is 3. The van der Waals surface area contributed by atoms with Crippen molar-refractivity contribution in [3.63, 3.8) is 0 Å². The molecule has 2 heterocycles. The van der Waals surface area contributed by atoms with Gasteiger partial charge in [0.2, 0.25) is 5.88 Å². The highest BCUT2D eigenvalue weighted by Crippen LogP contribution is 2.30. The average Bonchev–Trinajstić information content (AvgIpc) is 2.86. The van der Waals surface area contributed by atoms with Gasteiger partial charge in [-0.1, -0.05) is 60.7 Å². The zero-order chi connectivity index (χ0) is 23.7. The van der Waals surface area contributed by atoms with E-state index in [0.29, 0.717) is 18.5 Å². The summed E-state index contributed by atoms with van der Waals surface area (Å²) in [6.45, 7) is 0.538. The second-order valence-electron chi connectivity index (χ2n) is 8.28. The summed E-state index contributed by atoms with van der Waals surface area (Å²) in [5, 5.41) is 1.85. The van der Waals surface area contributed by atoms with Crippen molar-refractivity contribution in [2.45, 2.75) is 25.2 Å². The van der Waals surface area contributed by atoms with Gasteiger partial charge in [-0.25, -0.2) is 4.98 Å². The van der Waals surface area contributed by atoms with Crippen LogP contribution in [0.15, 0.2) is 85.1 Å². The van der Waals surface area contributed by atoms with E-state index in [1.165, 1.54) is 6.07 Å². The number of nitrogens with zero attached hydrogens (tertiary/aromatic N) is 2. The van der Waals surface area contributed by atoms with Crippen molar-refractivity contribution in [2.75, 3.05) is 6.61 Å². The third-order valence-electron chi connectivity index (χ3n) is 6.12. The monoisotopic (exact) mass is 462 g/mol. The average molecular weight is 462 g/mol. The molecule has 0 bridgehead atoms. The Morgan fingerprint density at radius 3 is 2.44 bits per heavy atom. The van der Waals surface area contributed by atoms with E-state index < -0.39 is 11.7 Å². The minimum absolute atomic E-state index is 0.0874. The zero-order valence-corrected chi connectivity index (χ0v) is 18.1. The molecule has 172 valence electrons. The maximum absolute atomic E-state index is 13.7. The second kappa shape index (κ2) is 8.82. The molecule has 0 spiro atoms. The molecule has 0 radical (unpaired) electrons. The lowest BCUT2D eigenvalue weighted by Crippen LogP contribution is -2.47. The van der Waals surface area contributed by atoms with Crippen molar-refractivity contribution in [2.24, 2.45) is 0 Å². The van der Waals surface area contributed by atoms with Crippen LogP contribution in [0, 0.1) is 0 Å². The summed E-state index contributed by atoms with van der Waals surface area (Å²) in [5.74, 6) is -0.0234. The zero-order valence-electron chi connectivity index (χ0n) is 18.1. The van der Waals surface area contributed by atoms with Gasteiger partial charge in [0, 0.05) is 24.4 Å². The van der Waals surface area contributed by atoms with E-state index in [4.69, 9.17) is 4.74 Å². The molecule has 0 N–H and O–H groups in total. The molecule has 4 nitrogen and oxygen atoms in total. The van der Waals surface area contributed by atoms with Crippen molar-refractivity contribution in [1.29, 1.82) is 0 Å². The smallest absolute Gasteiger partial charge is 0.417 e. The van der Waals surface area contributed by atoms with E-state index in [1.54, 1.807) is 4.90 Å². The molecule has 1 atom stereocenters. The quantitative estimate of drug-likeness (QED) is 0.379. The number of fused-ring (bicyclic) bond motifs is 2. The van der Waals surface area contributed by atoms with Crippen LogP contribution >= 0.6 is 0 Å². The van der Waals surface area contributed by atoms with Crippen LogP contribution in [-0.4, -0.2) is 28.4 Å². The fourth-order valence-electron chi connectivity index (χ4n) is 4.36. The SMILES string of the molecule is O=C(c1cccc2ccccc12)N1Cc2ccccc2C[C@H]1COc1ccc(C(F)(F)F)cn1. The molecule has 1 aliphatic heterocycles. The van der Waals surface area contributed by atoms with Crippen molar-refractivity contribution in [3.8, 4) is 5.88 Å². The molecule has 7 heteroatoms. The van der Waals surface area contributed by atoms with Crippen molar-refractivity contribution in [3.05, 3.63) is 107 Å². The first-order valence-electron chi connectivity index (χ1n) is 10.9. The van der Waals surface area contributed by atoms with Crippen molar-refractivity contribution < 1.29 is 22.7 Å². The van der Waals surface area contributed by atoms with Crippen molar-refractivity contribution in [1.82, 2.24) is 9.88 Å². The Morgan fingerprint density at radius 2 is 1.68 bits per heavy atom. The normalized spacial score (nSPS) is 15.7. The Kier molecular flexibility index (Phi) is 5.69. The van der Waals surface area contributed by atoms with Crippen LogP contribution in [0.2, 0.25) is 0 Å². The lowest BCUT2D eigenvalue weighted by Gasteiger charge is -2.37. The van der Waals surface area contributed by atoms with Gasteiger partial charge in [-0.3, -0.25) is 4.79 Å². The molecule has 0 aliphatic carbocycles. The predicted molar refractivity (Wildman–Crippen MR) is 122 cm³/mol. The van der Waals surface area contributed by atoms with Gasteiger partial charge >= 0.3 is 6.18 Å². The lowest BCUT2D eigenvalue weighted by molar-refractivity contribution is -0.137. The minimum atomic E-state index is -4.46. The molecule has 34 heavy (non-hydrogen) atoms.